The Morgan fingerprint density at radius 2 is 2.50 bits per heavy atom. The molecular formula is C13H18N2O3. The molecule has 1 atom stereocenters. The van der Waals surface area contributed by atoms with Crippen LogP contribution in [-0.4, -0.2) is 46.7 Å². The average Bonchev–Trinajstić information content (AvgIpc) is 2.39. The first-order valence-corrected chi connectivity index (χ1v) is 6.26. The van der Waals surface area contributed by atoms with Gasteiger partial charge in [-0.25, -0.2) is 0 Å². The van der Waals surface area contributed by atoms with Crippen LogP contribution in [0.15, 0.2) is 18.5 Å². The SMILES string of the molecule is CCOC1CCCN(C(=O)c2ccncc2O)C1. The Kier molecular flexibility index (Phi) is 4.15. The van der Waals surface area contributed by atoms with Crippen molar-refractivity contribution in [2.75, 3.05) is 19.7 Å². The molecular weight excluding hydrogens is 232 g/mol. The van der Waals surface area contributed by atoms with Crippen molar-refractivity contribution < 1.29 is 14.6 Å². The van der Waals surface area contributed by atoms with Crippen molar-refractivity contribution in [3.05, 3.63) is 24.0 Å². The van der Waals surface area contributed by atoms with Gasteiger partial charge < -0.3 is 14.7 Å². The molecule has 1 fully saturated rings. The summed E-state index contributed by atoms with van der Waals surface area (Å²) in [6.07, 6.45) is 4.83. The standard InChI is InChI=1S/C13H18N2O3/c1-2-18-10-4-3-7-15(9-10)13(17)11-5-6-14-8-12(11)16/h5-6,8,10,16H,2-4,7,9H2,1H3. The molecule has 1 aromatic heterocycles. The summed E-state index contributed by atoms with van der Waals surface area (Å²) in [5.74, 6) is -0.222. The lowest BCUT2D eigenvalue weighted by Gasteiger charge is -2.32. The van der Waals surface area contributed by atoms with Gasteiger partial charge in [-0.05, 0) is 25.8 Å². The van der Waals surface area contributed by atoms with Crippen LogP contribution in [0.1, 0.15) is 30.1 Å². The molecule has 2 rings (SSSR count). The van der Waals surface area contributed by atoms with Gasteiger partial charge in [-0.15, -0.1) is 0 Å². The Bertz CT molecular complexity index is 420. The normalized spacial score (nSPS) is 19.8. The van der Waals surface area contributed by atoms with Crippen LogP contribution in [0.4, 0.5) is 0 Å². The van der Waals surface area contributed by atoms with E-state index in [1.54, 1.807) is 11.0 Å². The zero-order valence-electron chi connectivity index (χ0n) is 10.5. The summed E-state index contributed by atoms with van der Waals surface area (Å²) >= 11 is 0. The van der Waals surface area contributed by atoms with Gasteiger partial charge in [-0.2, -0.15) is 0 Å². The minimum absolute atomic E-state index is 0.0685. The molecule has 0 aliphatic carbocycles. The number of ether oxygens (including phenoxy) is 1. The Labute approximate surface area is 106 Å². The number of likely N-dealkylation sites (tertiary alicyclic amines) is 1. The van der Waals surface area contributed by atoms with Gasteiger partial charge in [-0.3, -0.25) is 9.78 Å². The highest BCUT2D eigenvalue weighted by atomic mass is 16.5. The van der Waals surface area contributed by atoms with Crippen molar-refractivity contribution in [3.8, 4) is 5.75 Å². The van der Waals surface area contributed by atoms with Gasteiger partial charge in [-0.1, -0.05) is 0 Å². The van der Waals surface area contributed by atoms with Gasteiger partial charge in [0.15, 0.2) is 0 Å². The Morgan fingerprint density at radius 1 is 1.67 bits per heavy atom. The van der Waals surface area contributed by atoms with Crippen molar-refractivity contribution in [1.29, 1.82) is 0 Å². The molecule has 0 spiro atoms. The molecule has 5 heteroatoms. The first kappa shape index (κ1) is 12.8. The molecule has 2 heterocycles. The van der Waals surface area contributed by atoms with Crippen LogP contribution in [0, 0.1) is 0 Å². The summed E-state index contributed by atoms with van der Waals surface area (Å²) < 4.78 is 5.56. The molecule has 1 N–H and O–H groups in total. The van der Waals surface area contributed by atoms with Crippen LogP contribution >= 0.6 is 0 Å². The second-order valence-electron chi connectivity index (χ2n) is 4.36. The van der Waals surface area contributed by atoms with Crippen LogP contribution in [0.2, 0.25) is 0 Å². The Morgan fingerprint density at radius 3 is 3.22 bits per heavy atom. The summed E-state index contributed by atoms with van der Waals surface area (Å²) in [6, 6.07) is 1.54. The van der Waals surface area contributed by atoms with Gasteiger partial charge in [0.1, 0.15) is 5.75 Å². The Balaban J connectivity index is 2.07. The number of carbonyl (C=O) groups excluding carboxylic acids is 1. The average molecular weight is 250 g/mol. The van der Waals surface area contributed by atoms with Gasteiger partial charge in [0.25, 0.3) is 5.91 Å². The third kappa shape index (κ3) is 2.79. The summed E-state index contributed by atoms with van der Waals surface area (Å²) in [5.41, 5.74) is 0.308. The molecule has 1 aromatic rings. The number of hydrogen-bond donors (Lipinski definition) is 1. The van der Waals surface area contributed by atoms with E-state index in [1.807, 2.05) is 6.92 Å². The number of rotatable bonds is 3. The first-order valence-electron chi connectivity index (χ1n) is 6.26. The monoisotopic (exact) mass is 250 g/mol. The molecule has 0 radical (unpaired) electrons. The van der Waals surface area contributed by atoms with E-state index in [2.05, 4.69) is 4.98 Å². The third-order valence-corrected chi connectivity index (χ3v) is 3.10. The molecule has 0 aromatic carbocycles. The number of aromatic nitrogens is 1. The largest absolute Gasteiger partial charge is 0.505 e. The zero-order chi connectivity index (χ0) is 13.0. The summed E-state index contributed by atoms with van der Waals surface area (Å²) in [4.78, 5) is 17.8. The number of amides is 1. The van der Waals surface area contributed by atoms with Crippen molar-refractivity contribution in [2.24, 2.45) is 0 Å². The molecule has 0 bridgehead atoms. The topological polar surface area (TPSA) is 62.7 Å². The van der Waals surface area contributed by atoms with Crippen LogP contribution in [0.25, 0.3) is 0 Å². The highest BCUT2D eigenvalue weighted by Gasteiger charge is 2.25. The molecule has 1 unspecified atom stereocenters. The van der Waals surface area contributed by atoms with Gasteiger partial charge in [0.2, 0.25) is 0 Å². The van der Waals surface area contributed by atoms with Crippen molar-refractivity contribution >= 4 is 5.91 Å². The first-order chi connectivity index (χ1) is 8.72. The van der Waals surface area contributed by atoms with Crippen LogP contribution in [0.5, 0.6) is 5.75 Å². The van der Waals surface area contributed by atoms with E-state index in [0.29, 0.717) is 25.3 Å². The van der Waals surface area contributed by atoms with E-state index < -0.39 is 0 Å². The maximum Gasteiger partial charge on any atom is 0.257 e. The fraction of sp³-hybridized carbons (Fsp3) is 0.538. The smallest absolute Gasteiger partial charge is 0.257 e. The third-order valence-electron chi connectivity index (χ3n) is 3.10. The van der Waals surface area contributed by atoms with Crippen LogP contribution < -0.4 is 0 Å². The zero-order valence-corrected chi connectivity index (χ0v) is 10.5. The second kappa shape index (κ2) is 5.82. The highest BCUT2D eigenvalue weighted by molar-refractivity contribution is 5.96. The van der Waals surface area contributed by atoms with Crippen molar-refractivity contribution in [3.63, 3.8) is 0 Å². The van der Waals surface area contributed by atoms with Gasteiger partial charge >= 0.3 is 0 Å². The molecule has 1 aliphatic heterocycles. The predicted octanol–water partition coefficient (Wildman–Crippen LogP) is 1.43. The maximum absolute atomic E-state index is 12.3. The molecule has 1 amide bonds. The fourth-order valence-corrected chi connectivity index (χ4v) is 2.23. The summed E-state index contributed by atoms with van der Waals surface area (Å²) in [7, 11) is 0. The lowest BCUT2D eigenvalue weighted by Crippen LogP contribution is -2.43. The van der Waals surface area contributed by atoms with E-state index >= 15 is 0 Å². The lowest BCUT2D eigenvalue weighted by atomic mass is 10.1. The number of piperidine rings is 1. The van der Waals surface area contributed by atoms with E-state index in [9.17, 15) is 9.90 Å². The minimum Gasteiger partial charge on any atom is -0.505 e. The maximum atomic E-state index is 12.3. The van der Waals surface area contributed by atoms with E-state index in [4.69, 9.17) is 4.74 Å². The predicted molar refractivity (Wildman–Crippen MR) is 66.5 cm³/mol. The number of nitrogens with zero attached hydrogens (tertiary/aromatic N) is 2. The van der Waals surface area contributed by atoms with E-state index in [0.717, 1.165) is 12.8 Å². The lowest BCUT2D eigenvalue weighted by molar-refractivity contribution is 0.00713. The van der Waals surface area contributed by atoms with Crippen molar-refractivity contribution in [2.45, 2.75) is 25.9 Å². The van der Waals surface area contributed by atoms with Gasteiger partial charge in [0.05, 0.1) is 17.9 Å². The quantitative estimate of drug-likeness (QED) is 0.881. The van der Waals surface area contributed by atoms with Crippen molar-refractivity contribution in [1.82, 2.24) is 9.88 Å². The molecule has 1 aliphatic rings. The number of carbonyl (C=O) groups is 1. The molecule has 0 saturated carbocycles. The molecule has 98 valence electrons. The number of aromatic hydroxyl groups is 1. The van der Waals surface area contributed by atoms with E-state index in [1.165, 1.54) is 12.4 Å². The number of pyridine rings is 1. The van der Waals surface area contributed by atoms with Crippen LogP contribution in [-0.2, 0) is 4.74 Å². The van der Waals surface area contributed by atoms with E-state index in [-0.39, 0.29) is 17.8 Å². The highest BCUT2D eigenvalue weighted by Crippen LogP contribution is 2.20. The van der Waals surface area contributed by atoms with Gasteiger partial charge in [0, 0.05) is 25.9 Å². The van der Waals surface area contributed by atoms with Crippen LogP contribution in [0.3, 0.4) is 0 Å². The number of hydrogen-bond acceptors (Lipinski definition) is 4. The summed E-state index contributed by atoms with van der Waals surface area (Å²) in [5, 5.41) is 9.64. The Hall–Kier alpha value is -1.62. The molecule has 5 nitrogen and oxygen atoms in total. The second-order valence-corrected chi connectivity index (χ2v) is 4.36. The molecule has 1 saturated heterocycles. The summed E-state index contributed by atoms with van der Waals surface area (Å²) in [6.45, 7) is 3.92. The molecule has 18 heavy (non-hydrogen) atoms. The fourth-order valence-electron chi connectivity index (χ4n) is 2.23. The minimum atomic E-state index is -0.153.